The van der Waals surface area contributed by atoms with Crippen molar-refractivity contribution in [1.82, 2.24) is 0 Å². The molecular formula is C86H124N4+4. The van der Waals surface area contributed by atoms with Crippen molar-refractivity contribution in [2.75, 3.05) is 0 Å². The van der Waals surface area contributed by atoms with Gasteiger partial charge in [-0.2, -0.15) is 0 Å². The van der Waals surface area contributed by atoms with Gasteiger partial charge in [0.25, 0.3) is 0 Å². The third-order valence-corrected chi connectivity index (χ3v) is 22.0. The predicted octanol–water partition coefficient (Wildman–Crippen LogP) is 21.7. The second kappa shape index (κ2) is 32.2. The lowest BCUT2D eigenvalue weighted by molar-refractivity contribution is -0.661. The van der Waals surface area contributed by atoms with Crippen LogP contribution in [0.5, 0.6) is 0 Å². The van der Waals surface area contributed by atoms with E-state index < -0.39 is 6.85 Å². The summed E-state index contributed by atoms with van der Waals surface area (Å²) in [5.41, 5.74) is 29.3. The van der Waals surface area contributed by atoms with Crippen LogP contribution in [0.4, 0.5) is 0 Å². The molecule has 4 heteroatoms. The molecule has 0 unspecified atom stereocenters. The minimum atomic E-state index is -2.06. The molecule has 0 aliphatic carbocycles. The number of hydrogen-bond donors (Lipinski definition) is 0. The van der Waals surface area contributed by atoms with E-state index in [-0.39, 0.29) is 21.7 Å². The van der Waals surface area contributed by atoms with Crippen molar-refractivity contribution in [2.45, 2.75) is 251 Å². The summed E-state index contributed by atoms with van der Waals surface area (Å²) in [7, 11) is 8.60. The Labute approximate surface area is 555 Å². The van der Waals surface area contributed by atoms with Crippen LogP contribution in [0.3, 0.4) is 0 Å². The van der Waals surface area contributed by atoms with Crippen molar-refractivity contribution < 1.29 is 22.4 Å². The molecule has 0 aliphatic rings. The van der Waals surface area contributed by atoms with Crippen LogP contribution < -0.4 is 18.3 Å². The smallest absolute Gasteiger partial charge is 0.201 e. The maximum atomic E-state index is 7.59. The molecule has 484 valence electrons. The zero-order chi connectivity index (χ0) is 69.7. The lowest BCUT2D eigenvalue weighted by Crippen LogP contribution is -2.38. The van der Waals surface area contributed by atoms with E-state index in [0.29, 0.717) is 11.5 Å². The molecule has 8 aromatic rings. The Hall–Kier alpha value is -6.52. The van der Waals surface area contributed by atoms with Crippen LogP contribution >= 0.6 is 0 Å². The number of aromatic nitrogens is 4. The lowest BCUT2D eigenvalue weighted by atomic mass is 9.68. The maximum Gasteiger partial charge on any atom is 0.212 e. The number of nitrogens with zero attached hydrogens (tertiary/aromatic N) is 4. The maximum absolute atomic E-state index is 7.59. The van der Waals surface area contributed by atoms with Gasteiger partial charge in [0.15, 0.2) is 24.8 Å². The van der Waals surface area contributed by atoms with E-state index in [1.54, 1.807) is 17.7 Å². The molecule has 0 spiro atoms. The Balaban J connectivity index is 0.000000226. The first kappa shape index (κ1) is 69.4. The molecular weight excluding hydrogens is 1090 g/mol. The van der Waals surface area contributed by atoms with Crippen molar-refractivity contribution in [2.24, 2.45) is 28.2 Å². The monoisotopic (exact) mass is 1220 g/mol. The van der Waals surface area contributed by atoms with Crippen LogP contribution in [0.2, 0.25) is 0 Å². The summed E-state index contributed by atoms with van der Waals surface area (Å²) in [5.74, 6) is 0.673. The van der Waals surface area contributed by atoms with Gasteiger partial charge in [0.2, 0.25) is 22.8 Å². The Morgan fingerprint density at radius 3 is 1.00 bits per heavy atom. The fourth-order valence-corrected chi connectivity index (χ4v) is 13.7. The lowest BCUT2D eigenvalue weighted by Gasteiger charge is -2.36. The van der Waals surface area contributed by atoms with E-state index >= 15 is 0 Å². The molecule has 0 saturated heterocycles. The molecule has 4 nitrogen and oxygen atoms in total. The number of rotatable bonds is 19. The normalized spacial score (nSPS) is 12.5. The van der Waals surface area contributed by atoms with E-state index in [9.17, 15) is 0 Å². The van der Waals surface area contributed by atoms with Crippen molar-refractivity contribution >= 4 is 0 Å². The third-order valence-electron chi connectivity index (χ3n) is 22.0. The van der Waals surface area contributed by atoms with Crippen molar-refractivity contribution in [1.29, 1.82) is 0 Å². The van der Waals surface area contributed by atoms with Gasteiger partial charge < -0.3 is 0 Å². The zero-order valence-corrected chi connectivity index (χ0v) is 61.6. The minimum Gasteiger partial charge on any atom is -0.201 e. The summed E-state index contributed by atoms with van der Waals surface area (Å²) in [5, 5.41) is 0. The second-order valence-corrected chi connectivity index (χ2v) is 27.8. The molecule has 0 aliphatic heterocycles. The van der Waals surface area contributed by atoms with Gasteiger partial charge in [-0.1, -0.05) is 169 Å². The fraction of sp³-hybridized carbons (Fsp3) is 0.488. The molecule has 4 aromatic heterocycles. The topological polar surface area (TPSA) is 15.5 Å². The third kappa shape index (κ3) is 16.8. The molecule has 4 aromatic carbocycles. The molecule has 0 amide bonds. The molecule has 0 bridgehead atoms. The second-order valence-electron chi connectivity index (χ2n) is 27.8. The van der Waals surface area contributed by atoms with Crippen LogP contribution in [0.1, 0.15) is 249 Å². The zero-order valence-electron chi connectivity index (χ0n) is 64.6. The average molecular weight is 1220 g/mol. The van der Waals surface area contributed by atoms with E-state index in [1.807, 2.05) is 13.0 Å². The highest BCUT2D eigenvalue weighted by molar-refractivity contribution is 5.65. The van der Waals surface area contributed by atoms with Crippen molar-refractivity contribution in [3.63, 3.8) is 0 Å². The van der Waals surface area contributed by atoms with Gasteiger partial charge in [-0.3, -0.25) is 0 Å². The highest BCUT2D eigenvalue weighted by Gasteiger charge is 2.37. The summed E-state index contributed by atoms with van der Waals surface area (Å²) in [6.45, 7) is 47.9. The van der Waals surface area contributed by atoms with Gasteiger partial charge in [0.05, 0.1) is 0 Å². The van der Waals surface area contributed by atoms with Crippen LogP contribution in [-0.4, -0.2) is 0 Å². The SMILES string of the molecule is CCC(C)(CC)c1c[n+](C)c(-c2ccc(C)cc2C)cc1C.CCC(C)(CC)c1cc(-c2ccccc2C)[n+](C)cc1C(C)(CC)CC.CCC(CC)c1c[n+](C)c(-c2ccccc2C)cc1C.[2H]C([2H])([2H])c1ccc(-c2cc(C)c(C(C)(CC)CC)c[n+]2C)c(C)c1. The van der Waals surface area contributed by atoms with Crippen molar-refractivity contribution in [3.8, 4) is 45.0 Å². The number of aryl methyl sites for hydroxylation is 13. The Kier molecular flexibility index (Phi) is 24.8. The minimum absolute atomic E-state index is 0.181. The summed E-state index contributed by atoms with van der Waals surface area (Å²) < 4.78 is 31.9. The van der Waals surface area contributed by atoms with Crippen LogP contribution in [0, 0.1) is 62.2 Å². The van der Waals surface area contributed by atoms with Crippen molar-refractivity contribution in [3.05, 3.63) is 212 Å². The quantitative estimate of drug-likeness (QED) is 0.0717. The molecule has 0 atom stereocenters. The highest BCUT2D eigenvalue weighted by atomic mass is 14.9. The van der Waals surface area contributed by atoms with Gasteiger partial charge >= 0.3 is 0 Å². The summed E-state index contributed by atoms with van der Waals surface area (Å²) in [6.07, 6.45) is 21.0. The van der Waals surface area contributed by atoms with E-state index in [2.05, 4.69) is 308 Å². The Bertz CT molecular complexity index is 3790. The Morgan fingerprint density at radius 1 is 0.322 bits per heavy atom. The summed E-state index contributed by atoms with van der Waals surface area (Å²) >= 11 is 0. The molecule has 0 N–H and O–H groups in total. The van der Waals surface area contributed by atoms with E-state index in [0.717, 1.165) is 29.7 Å². The Morgan fingerprint density at radius 2 is 0.633 bits per heavy atom. The summed E-state index contributed by atoms with van der Waals surface area (Å²) in [4.78, 5) is 0. The van der Waals surface area contributed by atoms with Crippen LogP contribution in [0.25, 0.3) is 45.0 Å². The molecule has 0 saturated carbocycles. The summed E-state index contributed by atoms with van der Waals surface area (Å²) in [6, 6.07) is 38.9. The van der Waals surface area contributed by atoms with Crippen LogP contribution in [-0.2, 0) is 49.9 Å². The van der Waals surface area contributed by atoms with Gasteiger partial charge in [-0.05, 0) is 223 Å². The largest absolute Gasteiger partial charge is 0.212 e. The predicted molar refractivity (Wildman–Crippen MR) is 390 cm³/mol. The average Bonchev–Trinajstić information content (AvgIpc) is 0.776. The number of hydrogen-bond acceptors (Lipinski definition) is 0. The molecule has 90 heavy (non-hydrogen) atoms. The molecule has 8 rings (SSSR count). The molecule has 4 heterocycles. The number of benzene rings is 4. The van der Waals surface area contributed by atoms with Crippen LogP contribution in [0.15, 0.2) is 134 Å². The van der Waals surface area contributed by atoms with Gasteiger partial charge in [0, 0.05) is 72.9 Å². The standard InChI is InChI=1S/C25H38N.2C21H30N.C19H26N/c1-9-24(6,10-2)21-17-23(20-16-14-13-15-19(20)5)26(8)18-22(21)25(7,11-3)12-4;2*1-8-21(6,9-2)19-14-22(7)20(13-17(19)5)18-11-10-15(3)12-16(18)4;1-6-16(7-2)18-13-20(5)19(12-15(18)4)17-11-9-8-10-14(17)3/h13-18H,9-12H2,1-8H3;2*10-14H,8-9H2,1-7H3;8-13,16H,6-7H2,1-5H3/q4*+1/i;3D3;;. The number of pyridine rings is 4. The molecule has 0 fully saturated rings. The first-order valence-corrected chi connectivity index (χ1v) is 34.6. The van der Waals surface area contributed by atoms with E-state index in [1.165, 1.54) is 146 Å². The fourth-order valence-electron chi connectivity index (χ4n) is 13.7. The highest BCUT2D eigenvalue weighted by Crippen LogP contribution is 2.43. The van der Waals surface area contributed by atoms with Gasteiger partial charge in [-0.15, -0.1) is 0 Å². The first-order valence-electron chi connectivity index (χ1n) is 36.1. The van der Waals surface area contributed by atoms with Gasteiger partial charge in [0.1, 0.15) is 28.2 Å². The molecule has 0 radical (unpaired) electrons. The van der Waals surface area contributed by atoms with Gasteiger partial charge in [-0.25, -0.2) is 18.3 Å². The first-order chi connectivity index (χ1) is 43.7. The van der Waals surface area contributed by atoms with E-state index in [4.69, 9.17) is 4.11 Å².